The Kier molecular flexibility index (Phi) is 11.1. The molecule has 0 radical (unpaired) electrons. The summed E-state index contributed by atoms with van der Waals surface area (Å²) in [7, 11) is 0. The second-order valence-corrected chi connectivity index (χ2v) is 13.0. The Morgan fingerprint density at radius 2 is 0.643 bits per heavy atom. The summed E-state index contributed by atoms with van der Waals surface area (Å²) in [5.74, 6) is 0. The maximum atomic E-state index is 3.52. The molecule has 214 valence electrons. The lowest BCUT2D eigenvalue weighted by molar-refractivity contribution is 0.734. The van der Waals surface area contributed by atoms with Crippen LogP contribution in [0, 0.1) is 6.92 Å². The Hall–Kier alpha value is -3.14. The largest absolute Gasteiger partial charge is 0.311 e. The third-order valence-corrected chi connectivity index (χ3v) is 8.93. The van der Waals surface area contributed by atoms with E-state index in [1.54, 1.807) is 0 Å². The van der Waals surface area contributed by atoms with Crippen LogP contribution in [0.25, 0.3) is 0 Å². The van der Waals surface area contributed by atoms with E-state index >= 15 is 0 Å². The molecule has 1 nitrogen and oxygen atoms in total. The van der Waals surface area contributed by atoms with Crippen LogP contribution >= 0.6 is 31.9 Å². The van der Waals surface area contributed by atoms with E-state index in [0.717, 1.165) is 34.6 Å². The van der Waals surface area contributed by atoms with Crippen molar-refractivity contribution in [1.82, 2.24) is 0 Å². The summed E-state index contributed by atoms with van der Waals surface area (Å²) in [6, 6.07) is 44.6. The number of hydrogen-bond donors (Lipinski definition) is 0. The zero-order valence-electron chi connectivity index (χ0n) is 24.4. The monoisotopic (exact) mass is 679 g/mol. The van der Waals surface area contributed by atoms with Crippen molar-refractivity contribution in [2.24, 2.45) is 0 Å². The number of aryl methyl sites for hydroxylation is 5. The molecule has 0 saturated heterocycles. The van der Waals surface area contributed by atoms with E-state index in [1.807, 2.05) is 0 Å². The van der Waals surface area contributed by atoms with E-state index in [4.69, 9.17) is 0 Å². The van der Waals surface area contributed by atoms with Crippen LogP contribution in [0.4, 0.5) is 17.1 Å². The highest BCUT2D eigenvalue weighted by Crippen LogP contribution is 2.35. The standard InChI is InChI=1S/C39H39Br2N/c1-30-10-24-37(25-11-30)42(38-26-16-33(17-27-38)8-4-2-6-31-12-20-35(40)21-13-31)39-28-18-34(19-29-39)9-5-3-7-32-14-22-36(41)23-15-32/h10-29H,2-9H2,1H3. The Morgan fingerprint density at radius 3 is 0.952 bits per heavy atom. The lowest BCUT2D eigenvalue weighted by Crippen LogP contribution is -2.10. The third kappa shape index (κ3) is 8.93. The zero-order valence-corrected chi connectivity index (χ0v) is 27.6. The van der Waals surface area contributed by atoms with E-state index < -0.39 is 0 Å². The van der Waals surface area contributed by atoms with Gasteiger partial charge in [0.2, 0.25) is 0 Å². The predicted octanol–water partition coefficient (Wildman–Crippen LogP) is 12.1. The highest BCUT2D eigenvalue weighted by Gasteiger charge is 2.12. The van der Waals surface area contributed by atoms with Crippen LogP contribution < -0.4 is 4.90 Å². The normalized spacial score (nSPS) is 11.0. The van der Waals surface area contributed by atoms with Gasteiger partial charge in [0, 0.05) is 26.0 Å². The molecule has 0 bridgehead atoms. The van der Waals surface area contributed by atoms with Crippen molar-refractivity contribution >= 4 is 48.9 Å². The first kappa shape index (κ1) is 30.3. The van der Waals surface area contributed by atoms with Crippen LogP contribution in [0.1, 0.15) is 53.5 Å². The second kappa shape index (κ2) is 15.4. The van der Waals surface area contributed by atoms with Gasteiger partial charge in [-0.05, 0) is 141 Å². The van der Waals surface area contributed by atoms with Crippen molar-refractivity contribution < 1.29 is 0 Å². The average molecular weight is 682 g/mol. The van der Waals surface area contributed by atoms with E-state index in [9.17, 15) is 0 Å². The van der Waals surface area contributed by atoms with Crippen molar-refractivity contribution in [3.05, 3.63) is 158 Å². The molecule has 42 heavy (non-hydrogen) atoms. The Bertz CT molecular complexity index is 1410. The van der Waals surface area contributed by atoms with Gasteiger partial charge in [0.1, 0.15) is 0 Å². The molecule has 0 fully saturated rings. The van der Waals surface area contributed by atoms with Gasteiger partial charge in [-0.3, -0.25) is 0 Å². The van der Waals surface area contributed by atoms with Crippen molar-refractivity contribution in [1.29, 1.82) is 0 Å². The van der Waals surface area contributed by atoms with E-state index in [0.29, 0.717) is 0 Å². The summed E-state index contributed by atoms with van der Waals surface area (Å²) in [4.78, 5) is 2.37. The Labute approximate surface area is 268 Å². The number of benzene rings is 5. The number of nitrogens with zero attached hydrogens (tertiary/aromatic N) is 1. The van der Waals surface area contributed by atoms with E-state index in [-0.39, 0.29) is 0 Å². The minimum absolute atomic E-state index is 1.11. The maximum absolute atomic E-state index is 3.52. The predicted molar refractivity (Wildman–Crippen MR) is 187 cm³/mol. The molecular formula is C39H39Br2N. The van der Waals surface area contributed by atoms with E-state index in [1.165, 1.54) is 70.6 Å². The molecule has 0 aliphatic rings. The number of unbranched alkanes of at least 4 members (excludes halogenated alkanes) is 2. The van der Waals surface area contributed by atoms with Crippen molar-refractivity contribution in [3.8, 4) is 0 Å². The van der Waals surface area contributed by atoms with Crippen molar-refractivity contribution in [2.45, 2.75) is 58.3 Å². The quantitative estimate of drug-likeness (QED) is 0.112. The number of hydrogen-bond acceptors (Lipinski definition) is 1. The molecule has 0 aliphatic heterocycles. The summed E-state index contributed by atoms with van der Waals surface area (Å²) < 4.78 is 2.29. The van der Waals surface area contributed by atoms with Gasteiger partial charge in [0.25, 0.3) is 0 Å². The number of halogens is 2. The third-order valence-electron chi connectivity index (χ3n) is 7.87. The molecule has 0 amide bonds. The van der Waals surface area contributed by atoms with Crippen molar-refractivity contribution in [3.63, 3.8) is 0 Å². The van der Waals surface area contributed by atoms with Crippen LogP contribution in [0.15, 0.2) is 130 Å². The van der Waals surface area contributed by atoms with Gasteiger partial charge < -0.3 is 4.90 Å². The van der Waals surface area contributed by atoms with Crippen LogP contribution in [-0.4, -0.2) is 0 Å². The summed E-state index contributed by atoms with van der Waals surface area (Å²) in [5.41, 5.74) is 10.5. The minimum atomic E-state index is 1.11. The molecule has 0 aliphatic carbocycles. The number of anilines is 3. The Morgan fingerprint density at radius 1 is 0.381 bits per heavy atom. The van der Waals surface area contributed by atoms with Crippen LogP contribution in [0.2, 0.25) is 0 Å². The molecular weight excluding hydrogens is 642 g/mol. The average Bonchev–Trinajstić information content (AvgIpc) is 3.02. The molecule has 3 heteroatoms. The summed E-state index contributed by atoms with van der Waals surface area (Å²) in [6.07, 6.45) is 9.28. The van der Waals surface area contributed by atoms with Crippen LogP contribution in [0.3, 0.4) is 0 Å². The van der Waals surface area contributed by atoms with Gasteiger partial charge in [-0.25, -0.2) is 0 Å². The van der Waals surface area contributed by atoms with Crippen LogP contribution in [-0.2, 0) is 25.7 Å². The minimum Gasteiger partial charge on any atom is -0.311 e. The molecule has 0 atom stereocenters. The molecule has 0 saturated carbocycles. The fourth-order valence-electron chi connectivity index (χ4n) is 5.38. The number of rotatable bonds is 13. The first-order chi connectivity index (χ1) is 20.5. The summed E-state index contributed by atoms with van der Waals surface area (Å²) >= 11 is 7.05. The summed E-state index contributed by atoms with van der Waals surface area (Å²) in [6.45, 7) is 2.14. The fraction of sp³-hybridized carbons (Fsp3) is 0.231. The smallest absolute Gasteiger partial charge is 0.0461 e. The molecule has 0 N–H and O–H groups in total. The first-order valence-electron chi connectivity index (χ1n) is 15.1. The van der Waals surface area contributed by atoms with Crippen molar-refractivity contribution in [2.75, 3.05) is 4.90 Å². The highest BCUT2D eigenvalue weighted by atomic mass is 79.9. The van der Waals surface area contributed by atoms with Gasteiger partial charge in [0.15, 0.2) is 0 Å². The van der Waals surface area contributed by atoms with Gasteiger partial charge in [-0.1, -0.05) is 98.1 Å². The van der Waals surface area contributed by atoms with Gasteiger partial charge in [-0.2, -0.15) is 0 Å². The fourth-order valence-corrected chi connectivity index (χ4v) is 5.91. The molecule has 0 spiro atoms. The van der Waals surface area contributed by atoms with Crippen LogP contribution in [0.5, 0.6) is 0 Å². The second-order valence-electron chi connectivity index (χ2n) is 11.2. The Balaban J connectivity index is 1.20. The molecule has 5 rings (SSSR count). The SMILES string of the molecule is Cc1ccc(N(c2ccc(CCCCc3ccc(Br)cc3)cc2)c2ccc(CCCCc3ccc(Br)cc3)cc2)cc1. The summed E-state index contributed by atoms with van der Waals surface area (Å²) in [5, 5.41) is 0. The highest BCUT2D eigenvalue weighted by molar-refractivity contribution is 9.10. The zero-order chi connectivity index (χ0) is 29.1. The first-order valence-corrected chi connectivity index (χ1v) is 16.7. The van der Waals surface area contributed by atoms with Gasteiger partial charge >= 0.3 is 0 Å². The molecule has 0 unspecified atom stereocenters. The molecule has 5 aromatic carbocycles. The molecule has 0 aromatic heterocycles. The van der Waals surface area contributed by atoms with Gasteiger partial charge in [0.05, 0.1) is 0 Å². The maximum Gasteiger partial charge on any atom is 0.0461 e. The molecule has 0 heterocycles. The lowest BCUT2D eigenvalue weighted by Gasteiger charge is -2.26. The lowest BCUT2D eigenvalue weighted by atomic mass is 10.0. The van der Waals surface area contributed by atoms with E-state index in [2.05, 4.69) is 165 Å². The molecule has 5 aromatic rings. The topological polar surface area (TPSA) is 3.24 Å². The van der Waals surface area contributed by atoms with Gasteiger partial charge in [-0.15, -0.1) is 0 Å².